The van der Waals surface area contributed by atoms with Crippen molar-refractivity contribution in [2.75, 3.05) is 11.5 Å². The number of hydrogen-bond acceptors (Lipinski definition) is 6. The van der Waals surface area contributed by atoms with Crippen molar-refractivity contribution < 1.29 is 13.2 Å². The molecule has 0 radical (unpaired) electrons. The van der Waals surface area contributed by atoms with Crippen LogP contribution in [0.1, 0.15) is 45.0 Å². The van der Waals surface area contributed by atoms with Crippen LogP contribution in [-0.4, -0.2) is 34.7 Å². The zero-order chi connectivity index (χ0) is 19.9. The molecule has 0 atom stereocenters. The molecule has 27 heavy (non-hydrogen) atoms. The molecule has 0 bridgehead atoms. The van der Waals surface area contributed by atoms with Crippen LogP contribution in [0, 0.1) is 0 Å². The van der Waals surface area contributed by atoms with Crippen LogP contribution in [0.15, 0.2) is 29.4 Å². The molecule has 0 amide bonds. The number of nitrogens with two attached hydrogens (primary N) is 1. The molecule has 7 nitrogen and oxygen atoms in total. The van der Waals surface area contributed by atoms with E-state index in [0.717, 1.165) is 23.8 Å². The second kappa shape index (κ2) is 10.3. The van der Waals surface area contributed by atoms with Crippen LogP contribution < -0.4 is 9.88 Å². The Morgan fingerprint density at radius 3 is 2.59 bits per heavy atom. The van der Waals surface area contributed by atoms with Crippen molar-refractivity contribution in [1.82, 2.24) is 14.8 Å². The highest BCUT2D eigenvalue weighted by Gasteiger charge is 2.19. The second-order valence-electron chi connectivity index (χ2n) is 6.03. The summed E-state index contributed by atoms with van der Waals surface area (Å²) in [7, 11) is -3.44. The van der Waals surface area contributed by atoms with Gasteiger partial charge >= 0.3 is 0 Å². The Morgan fingerprint density at radius 2 is 1.96 bits per heavy atom. The fraction of sp³-hybridized carbons (Fsp3) is 0.529. The third kappa shape index (κ3) is 6.67. The molecule has 150 valence electrons. The van der Waals surface area contributed by atoms with Crippen molar-refractivity contribution in [3.63, 3.8) is 0 Å². The standard InChI is InChI=1S/C17H25ClN4O3S2/c1-3-13(4-2)22-16(12-25-15-9-6-5-8-14(15)18)20-21-17(22)26-10-7-11-27(19,23)24/h5-6,8-9,13H,3-4,7,10-12H2,1-2H3,(H2,19,23,24). The van der Waals surface area contributed by atoms with Crippen LogP contribution in [0.2, 0.25) is 5.02 Å². The van der Waals surface area contributed by atoms with Gasteiger partial charge in [-0.2, -0.15) is 0 Å². The molecule has 0 aliphatic carbocycles. The number of nitrogens with zero attached hydrogens (tertiary/aromatic N) is 3. The van der Waals surface area contributed by atoms with Gasteiger partial charge in [-0.05, 0) is 31.4 Å². The lowest BCUT2D eigenvalue weighted by molar-refractivity contribution is 0.278. The number of aromatic nitrogens is 3. The summed E-state index contributed by atoms with van der Waals surface area (Å²) in [5.41, 5.74) is 0. The van der Waals surface area contributed by atoms with Gasteiger partial charge in [-0.3, -0.25) is 0 Å². The van der Waals surface area contributed by atoms with Crippen molar-refractivity contribution in [3.05, 3.63) is 35.1 Å². The Morgan fingerprint density at radius 1 is 1.26 bits per heavy atom. The molecule has 0 fully saturated rings. The summed E-state index contributed by atoms with van der Waals surface area (Å²) in [6.45, 7) is 4.48. The second-order valence-corrected chi connectivity index (χ2v) is 9.23. The van der Waals surface area contributed by atoms with Gasteiger partial charge in [0.25, 0.3) is 0 Å². The van der Waals surface area contributed by atoms with Gasteiger partial charge < -0.3 is 9.30 Å². The van der Waals surface area contributed by atoms with Gasteiger partial charge in [-0.15, -0.1) is 10.2 Å². The lowest BCUT2D eigenvalue weighted by Crippen LogP contribution is -2.17. The number of thioether (sulfide) groups is 1. The summed E-state index contributed by atoms with van der Waals surface area (Å²) in [6.07, 6.45) is 2.32. The molecule has 2 aromatic rings. The summed E-state index contributed by atoms with van der Waals surface area (Å²) in [4.78, 5) is 0. The molecule has 0 saturated heterocycles. The fourth-order valence-corrected chi connectivity index (χ4v) is 4.54. The number of primary sulfonamides is 1. The molecule has 1 aromatic heterocycles. The Labute approximate surface area is 169 Å². The van der Waals surface area contributed by atoms with E-state index >= 15 is 0 Å². The average Bonchev–Trinajstić information content (AvgIpc) is 3.01. The lowest BCUT2D eigenvalue weighted by atomic mass is 10.2. The van der Waals surface area contributed by atoms with Gasteiger partial charge in [0, 0.05) is 11.8 Å². The Hall–Kier alpha value is -1.29. The molecular weight excluding hydrogens is 408 g/mol. The minimum atomic E-state index is -3.44. The van der Waals surface area contributed by atoms with Gasteiger partial charge in [-0.25, -0.2) is 13.6 Å². The normalized spacial score (nSPS) is 11.9. The maximum atomic E-state index is 11.1. The topological polar surface area (TPSA) is 100 Å². The zero-order valence-electron chi connectivity index (χ0n) is 15.5. The van der Waals surface area contributed by atoms with Crippen LogP contribution in [0.3, 0.4) is 0 Å². The number of ether oxygens (including phenoxy) is 1. The SMILES string of the molecule is CCC(CC)n1c(COc2ccccc2Cl)nnc1SCCCS(N)(=O)=O. The first-order chi connectivity index (χ1) is 12.9. The number of benzene rings is 1. The van der Waals surface area contributed by atoms with Crippen LogP contribution in [0.5, 0.6) is 5.75 Å². The highest BCUT2D eigenvalue weighted by molar-refractivity contribution is 7.99. The zero-order valence-corrected chi connectivity index (χ0v) is 17.9. The number of rotatable bonds is 11. The summed E-state index contributed by atoms with van der Waals surface area (Å²) in [5.74, 6) is 1.87. The van der Waals surface area contributed by atoms with Crippen molar-refractivity contribution in [1.29, 1.82) is 0 Å². The van der Waals surface area contributed by atoms with Gasteiger partial charge in [0.1, 0.15) is 12.4 Å². The molecule has 0 aliphatic rings. The Balaban J connectivity index is 2.12. The minimum Gasteiger partial charge on any atom is -0.484 e. The van der Waals surface area contributed by atoms with Crippen molar-refractivity contribution in [2.24, 2.45) is 5.14 Å². The fourth-order valence-electron chi connectivity index (χ4n) is 2.65. The van der Waals surface area contributed by atoms with E-state index in [4.69, 9.17) is 21.5 Å². The summed E-state index contributed by atoms with van der Waals surface area (Å²) in [5, 5.41) is 14.9. The van der Waals surface area contributed by atoms with Crippen LogP contribution >= 0.6 is 23.4 Å². The van der Waals surface area contributed by atoms with Gasteiger partial charge in [-0.1, -0.05) is 49.3 Å². The van der Waals surface area contributed by atoms with E-state index in [0.29, 0.717) is 22.9 Å². The Kier molecular flexibility index (Phi) is 8.40. The van der Waals surface area contributed by atoms with E-state index in [1.165, 1.54) is 11.8 Å². The maximum Gasteiger partial charge on any atom is 0.209 e. The highest BCUT2D eigenvalue weighted by atomic mass is 35.5. The molecule has 2 rings (SSSR count). The number of hydrogen-bond donors (Lipinski definition) is 1. The molecule has 0 unspecified atom stereocenters. The predicted octanol–water partition coefficient (Wildman–Crippen LogP) is 3.64. The van der Waals surface area contributed by atoms with E-state index in [-0.39, 0.29) is 18.4 Å². The van der Waals surface area contributed by atoms with E-state index in [1.54, 1.807) is 6.07 Å². The quantitative estimate of drug-likeness (QED) is 0.429. The molecule has 1 aromatic carbocycles. The van der Waals surface area contributed by atoms with Crippen molar-refractivity contribution in [3.8, 4) is 5.75 Å². The van der Waals surface area contributed by atoms with Crippen LogP contribution in [-0.2, 0) is 16.6 Å². The first kappa shape index (κ1) is 22.0. The average molecular weight is 433 g/mol. The largest absolute Gasteiger partial charge is 0.484 e. The predicted molar refractivity (Wildman–Crippen MR) is 109 cm³/mol. The molecular formula is C17H25ClN4O3S2. The minimum absolute atomic E-state index is 0.0401. The summed E-state index contributed by atoms with van der Waals surface area (Å²) >= 11 is 7.62. The first-order valence-corrected chi connectivity index (χ1v) is 11.9. The number of para-hydroxylation sites is 1. The molecule has 10 heteroatoms. The van der Waals surface area contributed by atoms with E-state index in [2.05, 4.69) is 28.6 Å². The molecule has 0 aliphatic heterocycles. The number of halogens is 1. The molecule has 0 saturated carbocycles. The molecule has 2 N–H and O–H groups in total. The first-order valence-electron chi connectivity index (χ1n) is 8.80. The monoisotopic (exact) mass is 432 g/mol. The third-order valence-electron chi connectivity index (χ3n) is 4.04. The highest BCUT2D eigenvalue weighted by Crippen LogP contribution is 2.28. The third-order valence-corrected chi connectivity index (χ3v) is 6.24. The summed E-state index contributed by atoms with van der Waals surface area (Å²) in [6, 6.07) is 7.53. The van der Waals surface area contributed by atoms with Gasteiger partial charge in [0.05, 0.1) is 10.8 Å². The maximum absolute atomic E-state index is 11.1. The van der Waals surface area contributed by atoms with Crippen molar-refractivity contribution in [2.45, 2.75) is 50.9 Å². The van der Waals surface area contributed by atoms with Gasteiger partial charge in [0.2, 0.25) is 10.0 Å². The van der Waals surface area contributed by atoms with Crippen LogP contribution in [0.4, 0.5) is 0 Å². The summed E-state index contributed by atoms with van der Waals surface area (Å²) < 4.78 is 30.0. The van der Waals surface area contributed by atoms with Crippen LogP contribution in [0.25, 0.3) is 0 Å². The van der Waals surface area contributed by atoms with E-state index < -0.39 is 10.0 Å². The molecule has 0 spiro atoms. The van der Waals surface area contributed by atoms with Crippen molar-refractivity contribution >= 4 is 33.4 Å². The molecule has 1 heterocycles. The van der Waals surface area contributed by atoms with E-state index in [1.807, 2.05) is 18.2 Å². The number of sulfonamides is 1. The Bertz CT molecular complexity index is 838. The van der Waals surface area contributed by atoms with E-state index in [9.17, 15) is 8.42 Å². The lowest BCUT2D eigenvalue weighted by Gasteiger charge is -2.19. The smallest absolute Gasteiger partial charge is 0.209 e. The van der Waals surface area contributed by atoms with Gasteiger partial charge in [0.15, 0.2) is 11.0 Å².